The number of methoxy groups -OCH3 is 1. The minimum Gasteiger partial charge on any atom is -0.466 e. The predicted octanol–water partition coefficient (Wildman–Crippen LogP) is 3.36. The summed E-state index contributed by atoms with van der Waals surface area (Å²) in [6.07, 6.45) is 0.690. The van der Waals surface area contributed by atoms with Gasteiger partial charge in [-0.25, -0.2) is 4.79 Å². The van der Waals surface area contributed by atoms with Gasteiger partial charge in [-0.3, -0.25) is 0 Å². The Balaban J connectivity index is 1.85. The molecule has 0 unspecified atom stereocenters. The number of urea groups is 1. The zero-order valence-corrected chi connectivity index (χ0v) is 14.7. The quantitative estimate of drug-likeness (QED) is 0.804. The van der Waals surface area contributed by atoms with E-state index in [-0.39, 0.29) is 6.03 Å². The lowest BCUT2D eigenvalue weighted by Gasteiger charge is -2.22. The normalized spacial score (nSPS) is 10.7. The maximum Gasteiger partial charge on any atom is 0.317 e. The van der Waals surface area contributed by atoms with Crippen LogP contribution in [0.2, 0.25) is 0 Å². The molecule has 2 aromatic rings. The fourth-order valence-electron chi connectivity index (χ4n) is 2.24. The lowest BCUT2D eigenvalue weighted by Crippen LogP contribution is -2.41. The second-order valence-electron chi connectivity index (χ2n) is 5.42. The van der Waals surface area contributed by atoms with Crippen molar-refractivity contribution in [3.63, 3.8) is 0 Å². The molecular formula is C17H24N2O3S. The summed E-state index contributed by atoms with van der Waals surface area (Å²) in [6.45, 7) is 6.23. The van der Waals surface area contributed by atoms with E-state index in [1.165, 1.54) is 9.75 Å². The van der Waals surface area contributed by atoms with Crippen molar-refractivity contribution in [3.05, 3.63) is 45.5 Å². The number of rotatable bonds is 8. The number of carbonyl (C=O) groups is 1. The first-order chi connectivity index (χ1) is 11.1. The van der Waals surface area contributed by atoms with Gasteiger partial charge in [0.15, 0.2) is 0 Å². The second-order valence-corrected chi connectivity index (χ2v) is 6.79. The molecule has 2 heterocycles. The monoisotopic (exact) mass is 336 g/mol. The number of hydrogen-bond donors (Lipinski definition) is 1. The van der Waals surface area contributed by atoms with Crippen molar-refractivity contribution in [2.75, 3.05) is 26.8 Å². The number of ether oxygens (including phenoxy) is 1. The van der Waals surface area contributed by atoms with Crippen molar-refractivity contribution >= 4 is 17.4 Å². The number of furan rings is 1. The zero-order chi connectivity index (χ0) is 16.7. The fourth-order valence-corrected chi connectivity index (χ4v) is 3.14. The molecule has 2 rings (SSSR count). The number of aryl methyl sites for hydroxylation is 2. The van der Waals surface area contributed by atoms with Crippen molar-refractivity contribution in [1.82, 2.24) is 10.2 Å². The molecule has 0 fully saturated rings. The topological polar surface area (TPSA) is 54.7 Å². The number of carbonyl (C=O) groups excluding carboxylic acids is 1. The molecule has 0 bridgehead atoms. The molecule has 1 N–H and O–H groups in total. The summed E-state index contributed by atoms with van der Waals surface area (Å²) in [5.41, 5.74) is 0. The first kappa shape index (κ1) is 17.6. The summed E-state index contributed by atoms with van der Waals surface area (Å²) in [5, 5.41) is 2.95. The van der Waals surface area contributed by atoms with Crippen molar-refractivity contribution in [2.45, 2.75) is 26.8 Å². The van der Waals surface area contributed by atoms with E-state index in [0.717, 1.165) is 11.5 Å². The van der Waals surface area contributed by atoms with Gasteiger partial charge in [0.25, 0.3) is 0 Å². The van der Waals surface area contributed by atoms with Crippen LogP contribution >= 0.6 is 11.3 Å². The third kappa shape index (κ3) is 5.73. The van der Waals surface area contributed by atoms with E-state index in [2.05, 4.69) is 24.4 Å². The van der Waals surface area contributed by atoms with Crippen LogP contribution < -0.4 is 5.32 Å². The Labute approximate surface area is 141 Å². The maximum absolute atomic E-state index is 12.4. The number of nitrogens with zero attached hydrogens (tertiary/aromatic N) is 1. The first-order valence-electron chi connectivity index (χ1n) is 7.71. The second kappa shape index (κ2) is 8.74. The number of thiophene rings is 1. The van der Waals surface area contributed by atoms with Crippen molar-refractivity contribution < 1.29 is 13.9 Å². The SMILES string of the molecule is COCCN(Cc1ccc(C)s1)C(=O)NCCc1ccc(C)o1. The first-order valence-corrected chi connectivity index (χ1v) is 8.52. The van der Waals surface area contributed by atoms with Crippen LogP contribution in [0.15, 0.2) is 28.7 Å². The Hall–Kier alpha value is -1.79. The van der Waals surface area contributed by atoms with Gasteiger partial charge in [-0.1, -0.05) is 0 Å². The van der Waals surface area contributed by atoms with Crippen LogP contribution in [0.4, 0.5) is 4.79 Å². The van der Waals surface area contributed by atoms with Gasteiger partial charge in [0.05, 0.1) is 13.2 Å². The summed E-state index contributed by atoms with van der Waals surface area (Å²) in [5.74, 6) is 1.78. The van der Waals surface area contributed by atoms with E-state index >= 15 is 0 Å². The highest BCUT2D eigenvalue weighted by Gasteiger charge is 2.14. The molecular weight excluding hydrogens is 312 g/mol. The van der Waals surface area contributed by atoms with Gasteiger partial charge in [0, 0.05) is 36.4 Å². The minimum atomic E-state index is -0.0728. The van der Waals surface area contributed by atoms with Crippen molar-refractivity contribution in [2.24, 2.45) is 0 Å². The number of nitrogens with one attached hydrogen (secondary N) is 1. The molecule has 0 atom stereocenters. The Morgan fingerprint density at radius 3 is 2.74 bits per heavy atom. The van der Waals surface area contributed by atoms with Crippen molar-refractivity contribution in [3.8, 4) is 0 Å². The fraction of sp³-hybridized carbons (Fsp3) is 0.471. The van der Waals surface area contributed by atoms with Gasteiger partial charge in [0.1, 0.15) is 11.5 Å². The lowest BCUT2D eigenvalue weighted by atomic mass is 10.3. The van der Waals surface area contributed by atoms with Gasteiger partial charge in [-0.15, -0.1) is 11.3 Å². The standard InChI is InChI=1S/C17H24N2O3S/c1-13-4-6-15(22-13)8-9-18-17(20)19(10-11-21-3)12-16-7-5-14(2)23-16/h4-7H,8-12H2,1-3H3,(H,18,20). The Kier molecular flexibility index (Phi) is 6.67. The molecule has 126 valence electrons. The number of amides is 2. The molecule has 2 aromatic heterocycles. The van der Waals surface area contributed by atoms with E-state index in [0.29, 0.717) is 32.7 Å². The zero-order valence-electron chi connectivity index (χ0n) is 13.9. The molecule has 0 aliphatic carbocycles. The molecule has 6 heteroatoms. The van der Waals surface area contributed by atoms with Crippen LogP contribution in [0.25, 0.3) is 0 Å². The smallest absolute Gasteiger partial charge is 0.317 e. The van der Waals surface area contributed by atoms with Crippen molar-refractivity contribution in [1.29, 1.82) is 0 Å². The van der Waals surface area contributed by atoms with E-state index in [1.807, 2.05) is 19.1 Å². The third-order valence-corrected chi connectivity index (χ3v) is 4.42. The Morgan fingerprint density at radius 2 is 2.13 bits per heavy atom. The Morgan fingerprint density at radius 1 is 1.30 bits per heavy atom. The molecule has 0 aromatic carbocycles. The average Bonchev–Trinajstić information content (AvgIpc) is 3.12. The highest BCUT2D eigenvalue weighted by atomic mass is 32.1. The summed E-state index contributed by atoms with van der Waals surface area (Å²) >= 11 is 1.71. The molecule has 0 spiro atoms. The molecule has 0 aliphatic rings. The molecule has 5 nitrogen and oxygen atoms in total. The van der Waals surface area contributed by atoms with Gasteiger partial charge < -0.3 is 19.4 Å². The lowest BCUT2D eigenvalue weighted by molar-refractivity contribution is 0.147. The molecule has 0 saturated heterocycles. The summed E-state index contributed by atoms with van der Waals surface area (Å²) in [7, 11) is 1.64. The molecule has 23 heavy (non-hydrogen) atoms. The molecule has 0 aliphatic heterocycles. The summed E-state index contributed by atoms with van der Waals surface area (Å²) in [4.78, 5) is 16.6. The predicted molar refractivity (Wildman–Crippen MR) is 91.9 cm³/mol. The van der Waals surface area contributed by atoms with Crippen LogP contribution in [0.5, 0.6) is 0 Å². The Bertz CT molecular complexity index is 621. The van der Waals surface area contributed by atoms with Crippen LogP contribution in [0.1, 0.15) is 21.3 Å². The average molecular weight is 336 g/mol. The van der Waals surface area contributed by atoms with Crippen LogP contribution in [-0.4, -0.2) is 37.7 Å². The summed E-state index contributed by atoms with van der Waals surface area (Å²) in [6, 6.07) is 7.95. The third-order valence-electron chi connectivity index (χ3n) is 3.44. The highest BCUT2D eigenvalue weighted by molar-refractivity contribution is 7.11. The summed E-state index contributed by atoms with van der Waals surface area (Å²) < 4.78 is 10.6. The van der Waals surface area contributed by atoms with Crippen LogP contribution in [0.3, 0.4) is 0 Å². The van der Waals surface area contributed by atoms with Gasteiger partial charge in [0.2, 0.25) is 0 Å². The van der Waals surface area contributed by atoms with Gasteiger partial charge >= 0.3 is 6.03 Å². The van der Waals surface area contributed by atoms with Crippen LogP contribution in [0, 0.1) is 13.8 Å². The van der Waals surface area contributed by atoms with E-state index in [1.54, 1.807) is 23.3 Å². The van der Waals surface area contributed by atoms with E-state index < -0.39 is 0 Å². The molecule has 0 radical (unpaired) electrons. The number of hydrogen-bond acceptors (Lipinski definition) is 4. The maximum atomic E-state index is 12.4. The minimum absolute atomic E-state index is 0.0728. The molecule has 0 saturated carbocycles. The van der Waals surface area contributed by atoms with Gasteiger partial charge in [-0.2, -0.15) is 0 Å². The highest BCUT2D eigenvalue weighted by Crippen LogP contribution is 2.17. The van der Waals surface area contributed by atoms with E-state index in [9.17, 15) is 4.79 Å². The van der Waals surface area contributed by atoms with E-state index in [4.69, 9.17) is 9.15 Å². The largest absolute Gasteiger partial charge is 0.466 e. The van der Waals surface area contributed by atoms with Gasteiger partial charge in [-0.05, 0) is 38.1 Å². The molecule has 2 amide bonds. The van der Waals surface area contributed by atoms with Crippen LogP contribution in [-0.2, 0) is 17.7 Å².